The number of amides is 2. The van der Waals surface area contributed by atoms with Crippen LogP contribution in [0.4, 0.5) is 23.7 Å². The first-order valence-corrected chi connectivity index (χ1v) is 9.80. The van der Waals surface area contributed by atoms with Gasteiger partial charge in [0.1, 0.15) is 10.4 Å². The zero-order chi connectivity index (χ0) is 21.0. The third kappa shape index (κ3) is 5.57. The standard InChI is InChI=1S/C19H13ClF3IN4O/c20-16-6-5-14(7-15(16)19(21,22)23)27-18(29)28-17(24)12-3-1-11(2-4-12)13-8-25-10-26-9-13/h1-10,17H,(H2,27,28,29). The number of alkyl halides is 4. The van der Waals surface area contributed by atoms with E-state index in [1.54, 1.807) is 12.4 Å². The normalized spacial score (nSPS) is 12.3. The van der Waals surface area contributed by atoms with E-state index >= 15 is 0 Å². The zero-order valence-electron chi connectivity index (χ0n) is 14.5. The van der Waals surface area contributed by atoms with Gasteiger partial charge in [0.2, 0.25) is 0 Å². The molecule has 0 saturated heterocycles. The van der Waals surface area contributed by atoms with Crippen LogP contribution in [0, 0.1) is 0 Å². The number of carbonyl (C=O) groups is 1. The minimum atomic E-state index is -4.61. The second-order valence-corrected chi connectivity index (χ2v) is 7.56. The molecule has 1 aromatic heterocycles. The summed E-state index contributed by atoms with van der Waals surface area (Å²) in [6.07, 6.45) is 0.218. The second kappa shape index (κ2) is 8.95. The van der Waals surface area contributed by atoms with Crippen molar-refractivity contribution in [3.8, 4) is 11.1 Å². The molecule has 0 spiro atoms. The Kier molecular flexibility index (Phi) is 6.58. The third-order valence-corrected chi connectivity index (χ3v) is 5.24. The average molecular weight is 533 g/mol. The summed E-state index contributed by atoms with van der Waals surface area (Å²) in [7, 11) is 0. The first kappa shape index (κ1) is 21.3. The molecular weight excluding hydrogens is 520 g/mol. The van der Waals surface area contributed by atoms with E-state index in [1.165, 1.54) is 12.4 Å². The fourth-order valence-corrected chi connectivity index (χ4v) is 3.40. The Morgan fingerprint density at radius 1 is 1.03 bits per heavy atom. The molecule has 1 heterocycles. The monoisotopic (exact) mass is 532 g/mol. The number of hydrogen-bond acceptors (Lipinski definition) is 3. The lowest BCUT2D eigenvalue weighted by Gasteiger charge is -2.15. The van der Waals surface area contributed by atoms with Crippen molar-refractivity contribution >= 4 is 45.9 Å². The first-order valence-electron chi connectivity index (χ1n) is 8.18. The molecule has 0 fully saturated rings. The number of carbonyl (C=O) groups excluding carboxylic acids is 1. The lowest BCUT2D eigenvalue weighted by Crippen LogP contribution is -2.30. The average Bonchev–Trinajstić information content (AvgIpc) is 2.69. The highest BCUT2D eigenvalue weighted by Crippen LogP contribution is 2.36. The maximum atomic E-state index is 12.9. The molecular formula is C19H13ClF3IN4O. The summed E-state index contributed by atoms with van der Waals surface area (Å²) < 4.78 is 38.4. The smallest absolute Gasteiger partial charge is 0.322 e. The molecule has 2 amide bonds. The van der Waals surface area contributed by atoms with Crippen LogP contribution in [0.3, 0.4) is 0 Å². The highest BCUT2D eigenvalue weighted by atomic mass is 127. The summed E-state index contributed by atoms with van der Waals surface area (Å²) in [5.74, 6) is 0. The van der Waals surface area contributed by atoms with Gasteiger partial charge in [-0.25, -0.2) is 14.8 Å². The molecule has 0 radical (unpaired) electrons. The number of benzene rings is 2. The van der Waals surface area contributed by atoms with E-state index in [0.717, 1.165) is 28.8 Å². The maximum Gasteiger partial charge on any atom is 0.417 e. The van der Waals surface area contributed by atoms with E-state index < -0.39 is 26.8 Å². The SMILES string of the molecule is O=C(Nc1ccc(Cl)c(C(F)(F)F)c1)NC(I)c1ccc(-c2cncnc2)cc1. The topological polar surface area (TPSA) is 66.9 Å². The molecule has 150 valence electrons. The van der Waals surface area contributed by atoms with E-state index in [2.05, 4.69) is 20.6 Å². The summed E-state index contributed by atoms with van der Waals surface area (Å²) in [5, 5.41) is 4.63. The molecule has 2 aromatic carbocycles. The third-order valence-electron chi connectivity index (χ3n) is 3.88. The van der Waals surface area contributed by atoms with Crippen LogP contribution in [0.5, 0.6) is 0 Å². The van der Waals surface area contributed by atoms with E-state index in [-0.39, 0.29) is 5.69 Å². The lowest BCUT2D eigenvalue weighted by molar-refractivity contribution is -0.137. The van der Waals surface area contributed by atoms with Crippen LogP contribution < -0.4 is 10.6 Å². The summed E-state index contributed by atoms with van der Waals surface area (Å²) in [6, 6.07) is 9.96. The van der Waals surface area contributed by atoms with Crippen LogP contribution in [-0.4, -0.2) is 16.0 Å². The van der Waals surface area contributed by atoms with Crippen molar-refractivity contribution in [2.45, 2.75) is 10.2 Å². The Labute approximate surface area is 182 Å². The molecule has 1 atom stereocenters. The van der Waals surface area contributed by atoms with Crippen LogP contribution >= 0.6 is 34.2 Å². The number of aromatic nitrogens is 2. The first-order chi connectivity index (χ1) is 13.7. The molecule has 0 bridgehead atoms. The second-order valence-electron chi connectivity index (χ2n) is 5.90. The fourth-order valence-electron chi connectivity index (χ4n) is 2.48. The molecule has 2 N–H and O–H groups in total. The van der Waals surface area contributed by atoms with Crippen LogP contribution in [0.15, 0.2) is 61.2 Å². The summed E-state index contributed by atoms with van der Waals surface area (Å²) in [4.78, 5) is 20.1. The number of halogens is 5. The molecule has 3 aromatic rings. The largest absolute Gasteiger partial charge is 0.417 e. The van der Waals surface area contributed by atoms with Crippen LogP contribution in [-0.2, 0) is 6.18 Å². The van der Waals surface area contributed by atoms with Gasteiger partial charge in [0.25, 0.3) is 0 Å². The van der Waals surface area contributed by atoms with E-state index in [1.807, 2.05) is 46.9 Å². The predicted octanol–water partition coefficient (Wildman–Crippen LogP) is 6.07. The fraction of sp³-hybridized carbons (Fsp3) is 0.105. The molecule has 3 rings (SSSR count). The van der Waals surface area contributed by atoms with Gasteiger partial charge in [0.15, 0.2) is 0 Å². The maximum absolute atomic E-state index is 12.9. The molecule has 0 aliphatic carbocycles. The van der Waals surface area contributed by atoms with Gasteiger partial charge in [0.05, 0.1) is 10.6 Å². The Bertz CT molecular complexity index is 1000. The van der Waals surface area contributed by atoms with Crippen molar-refractivity contribution in [3.63, 3.8) is 0 Å². The van der Waals surface area contributed by atoms with Crippen LogP contribution in [0.2, 0.25) is 5.02 Å². The van der Waals surface area contributed by atoms with Crippen molar-refractivity contribution in [1.82, 2.24) is 15.3 Å². The molecule has 5 nitrogen and oxygen atoms in total. The summed E-state index contributed by atoms with van der Waals surface area (Å²) in [6.45, 7) is 0. The van der Waals surface area contributed by atoms with Crippen molar-refractivity contribution in [1.29, 1.82) is 0 Å². The number of urea groups is 1. The van der Waals surface area contributed by atoms with Gasteiger partial charge in [-0.1, -0.05) is 58.5 Å². The molecule has 29 heavy (non-hydrogen) atoms. The molecule has 0 aliphatic rings. The Balaban J connectivity index is 1.65. The van der Waals surface area contributed by atoms with Crippen LogP contribution in [0.25, 0.3) is 11.1 Å². The highest BCUT2D eigenvalue weighted by molar-refractivity contribution is 14.1. The van der Waals surface area contributed by atoms with Crippen molar-refractivity contribution in [3.05, 3.63) is 77.3 Å². The highest BCUT2D eigenvalue weighted by Gasteiger charge is 2.33. The van der Waals surface area contributed by atoms with Gasteiger partial charge < -0.3 is 10.6 Å². The Morgan fingerprint density at radius 2 is 1.69 bits per heavy atom. The predicted molar refractivity (Wildman–Crippen MR) is 113 cm³/mol. The van der Waals surface area contributed by atoms with Crippen molar-refractivity contribution in [2.75, 3.05) is 5.32 Å². The summed E-state index contributed by atoms with van der Waals surface area (Å²) >= 11 is 7.60. The summed E-state index contributed by atoms with van der Waals surface area (Å²) in [5.41, 5.74) is 1.57. The van der Waals surface area contributed by atoms with Crippen molar-refractivity contribution < 1.29 is 18.0 Å². The van der Waals surface area contributed by atoms with Gasteiger partial charge in [-0.2, -0.15) is 13.2 Å². The van der Waals surface area contributed by atoms with Gasteiger partial charge in [-0.15, -0.1) is 0 Å². The molecule has 0 saturated carbocycles. The molecule has 0 aliphatic heterocycles. The minimum absolute atomic E-state index is 0.0118. The van der Waals surface area contributed by atoms with E-state index in [4.69, 9.17) is 11.6 Å². The minimum Gasteiger partial charge on any atom is -0.322 e. The molecule has 1 unspecified atom stereocenters. The lowest BCUT2D eigenvalue weighted by atomic mass is 10.1. The van der Waals surface area contributed by atoms with Gasteiger partial charge in [-0.05, 0) is 29.3 Å². The Morgan fingerprint density at radius 3 is 2.31 bits per heavy atom. The zero-order valence-corrected chi connectivity index (χ0v) is 17.5. The quantitative estimate of drug-likeness (QED) is 0.243. The van der Waals surface area contributed by atoms with E-state index in [9.17, 15) is 18.0 Å². The van der Waals surface area contributed by atoms with Gasteiger partial charge in [-0.3, -0.25) is 0 Å². The number of anilines is 1. The number of hydrogen-bond donors (Lipinski definition) is 2. The van der Waals surface area contributed by atoms with Gasteiger partial charge in [0, 0.05) is 23.6 Å². The number of nitrogens with one attached hydrogen (secondary N) is 2. The molecule has 10 heteroatoms. The Hall–Kier alpha value is -2.40. The number of rotatable bonds is 4. The van der Waals surface area contributed by atoms with Crippen molar-refractivity contribution in [2.24, 2.45) is 0 Å². The van der Waals surface area contributed by atoms with E-state index in [0.29, 0.717) is 0 Å². The van der Waals surface area contributed by atoms with Crippen LogP contribution in [0.1, 0.15) is 15.2 Å². The van der Waals surface area contributed by atoms with Gasteiger partial charge >= 0.3 is 12.2 Å². The number of nitrogens with zero attached hydrogens (tertiary/aromatic N) is 2.